The van der Waals surface area contributed by atoms with E-state index in [4.69, 9.17) is 4.42 Å². The number of hydrogen-bond donors (Lipinski definition) is 1. The Hall–Kier alpha value is -2.67. The number of pyridine rings is 1. The Bertz CT molecular complexity index is 787. The number of rotatable bonds is 5. The molecule has 2 aromatic heterocycles. The minimum atomic E-state index is -0.205. The first kappa shape index (κ1) is 15.2. The van der Waals surface area contributed by atoms with Crippen LogP contribution in [-0.4, -0.2) is 27.3 Å². The summed E-state index contributed by atoms with van der Waals surface area (Å²) in [5, 5.41) is 10.3. The van der Waals surface area contributed by atoms with Crippen molar-refractivity contribution in [1.29, 1.82) is 0 Å². The molecule has 0 aliphatic rings. The van der Waals surface area contributed by atoms with Crippen LogP contribution in [0.5, 0.6) is 0 Å². The minimum absolute atomic E-state index is 0.0783. The van der Waals surface area contributed by atoms with Gasteiger partial charge in [-0.25, -0.2) is 0 Å². The fraction of sp³-hybridized carbons (Fsp3) is 0.125. The molecule has 0 radical (unpaired) electrons. The fourth-order valence-electron chi connectivity index (χ4n) is 1.97. The summed E-state index contributed by atoms with van der Waals surface area (Å²) in [6.07, 6.45) is 5.54. The molecule has 0 unspecified atom stereocenters. The van der Waals surface area contributed by atoms with Crippen LogP contribution in [0.25, 0.3) is 11.5 Å². The molecule has 0 atom stereocenters. The van der Waals surface area contributed by atoms with Crippen molar-refractivity contribution >= 4 is 23.7 Å². The molecule has 6 nitrogen and oxygen atoms in total. The summed E-state index contributed by atoms with van der Waals surface area (Å²) in [5.74, 6) is 0.112. The molecular weight excluding hydrogens is 312 g/mol. The van der Waals surface area contributed by atoms with E-state index in [1.807, 2.05) is 30.5 Å². The SMILES string of the molecule is CSc1ccc(CC(=O)Nc2nnc(-c3cccnc3)o2)cc1. The van der Waals surface area contributed by atoms with Crippen LogP contribution in [0.3, 0.4) is 0 Å². The first-order chi connectivity index (χ1) is 11.2. The molecule has 1 aromatic carbocycles. The molecular formula is C16H14N4O2S. The number of aromatic nitrogens is 3. The number of benzene rings is 1. The summed E-state index contributed by atoms with van der Waals surface area (Å²) >= 11 is 1.66. The van der Waals surface area contributed by atoms with E-state index in [2.05, 4.69) is 20.5 Å². The van der Waals surface area contributed by atoms with Crippen LogP contribution in [0.15, 0.2) is 58.1 Å². The number of carbonyl (C=O) groups is 1. The number of amides is 1. The molecule has 0 fully saturated rings. The largest absolute Gasteiger partial charge is 0.403 e. The predicted octanol–water partition coefficient (Wildman–Crippen LogP) is 3.03. The highest BCUT2D eigenvalue weighted by Gasteiger charge is 2.11. The van der Waals surface area contributed by atoms with Gasteiger partial charge in [-0.2, -0.15) is 0 Å². The Balaban J connectivity index is 1.63. The van der Waals surface area contributed by atoms with Gasteiger partial charge in [-0.15, -0.1) is 16.9 Å². The Kier molecular flexibility index (Phi) is 4.68. The second kappa shape index (κ2) is 7.06. The lowest BCUT2D eigenvalue weighted by atomic mass is 10.1. The van der Waals surface area contributed by atoms with Crippen LogP contribution < -0.4 is 5.32 Å². The molecule has 1 N–H and O–H groups in total. The molecule has 3 rings (SSSR count). The van der Waals surface area contributed by atoms with E-state index in [0.29, 0.717) is 11.5 Å². The average Bonchev–Trinajstić information content (AvgIpc) is 3.04. The monoisotopic (exact) mass is 326 g/mol. The molecule has 0 saturated heterocycles. The summed E-state index contributed by atoms with van der Waals surface area (Å²) in [6, 6.07) is 11.5. The maximum absolute atomic E-state index is 12.0. The first-order valence-electron chi connectivity index (χ1n) is 6.91. The van der Waals surface area contributed by atoms with Gasteiger partial charge in [0.1, 0.15) is 0 Å². The highest BCUT2D eigenvalue weighted by molar-refractivity contribution is 7.98. The average molecular weight is 326 g/mol. The number of hydrogen-bond acceptors (Lipinski definition) is 6. The van der Waals surface area contributed by atoms with Crippen LogP contribution in [0.1, 0.15) is 5.56 Å². The molecule has 0 saturated carbocycles. The zero-order chi connectivity index (χ0) is 16.1. The van der Waals surface area contributed by atoms with Crippen LogP contribution in [0, 0.1) is 0 Å². The topological polar surface area (TPSA) is 80.9 Å². The van der Waals surface area contributed by atoms with Crippen molar-refractivity contribution in [3.8, 4) is 11.5 Å². The van der Waals surface area contributed by atoms with E-state index in [-0.39, 0.29) is 18.3 Å². The van der Waals surface area contributed by atoms with E-state index < -0.39 is 0 Å². The summed E-state index contributed by atoms with van der Waals surface area (Å²) in [5.41, 5.74) is 1.63. The van der Waals surface area contributed by atoms with Gasteiger partial charge in [0.05, 0.1) is 12.0 Å². The van der Waals surface area contributed by atoms with Crippen molar-refractivity contribution in [2.24, 2.45) is 0 Å². The Labute approximate surface area is 137 Å². The van der Waals surface area contributed by atoms with E-state index in [9.17, 15) is 4.79 Å². The normalized spacial score (nSPS) is 10.5. The molecule has 0 aliphatic carbocycles. The van der Waals surface area contributed by atoms with E-state index in [1.54, 1.807) is 36.3 Å². The van der Waals surface area contributed by atoms with Crippen LogP contribution in [0.2, 0.25) is 0 Å². The van der Waals surface area contributed by atoms with Gasteiger partial charge in [-0.1, -0.05) is 17.2 Å². The third-order valence-corrected chi connectivity index (χ3v) is 3.85. The minimum Gasteiger partial charge on any atom is -0.403 e. The molecule has 23 heavy (non-hydrogen) atoms. The van der Waals surface area contributed by atoms with Gasteiger partial charge in [0.2, 0.25) is 5.91 Å². The molecule has 1 amide bonds. The van der Waals surface area contributed by atoms with E-state index in [0.717, 1.165) is 10.5 Å². The first-order valence-corrected chi connectivity index (χ1v) is 8.14. The number of nitrogens with one attached hydrogen (secondary N) is 1. The van der Waals surface area contributed by atoms with Crippen molar-refractivity contribution in [3.63, 3.8) is 0 Å². The third-order valence-electron chi connectivity index (χ3n) is 3.10. The number of thioether (sulfide) groups is 1. The number of carbonyl (C=O) groups excluding carboxylic acids is 1. The number of anilines is 1. The summed E-state index contributed by atoms with van der Waals surface area (Å²) in [6.45, 7) is 0. The zero-order valence-electron chi connectivity index (χ0n) is 12.4. The Morgan fingerprint density at radius 2 is 2.04 bits per heavy atom. The van der Waals surface area contributed by atoms with Crippen LogP contribution >= 0.6 is 11.8 Å². The Morgan fingerprint density at radius 3 is 2.74 bits per heavy atom. The quantitative estimate of drug-likeness (QED) is 0.726. The van der Waals surface area contributed by atoms with Gasteiger partial charge in [0.15, 0.2) is 0 Å². The smallest absolute Gasteiger partial charge is 0.322 e. The lowest BCUT2D eigenvalue weighted by Gasteiger charge is -2.02. The fourth-order valence-corrected chi connectivity index (χ4v) is 2.38. The highest BCUT2D eigenvalue weighted by atomic mass is 32.2. The molecule has 116 valence electrons. The summed E-state index contributed by atoms with van der Waals surface area (Å²) in [4.78, 5) is 17.2. The summed E-state index contributed by atoms with van der Waals surface area (Å²) in [7, 11) is 0. The zero-order valence-corrected chi connectivity index (χ0v) is 13.2. The van der Waals surface area contributed by atoms with Gasteiger partial charge in [-0.05, 0) is 36.1 Å². The molecule has 2 heterocycles. The van der Waals surface area contributed by atoms with Crippen molar-refractivity contribution < 1.29 is 9.21 Å². The molecule has 0 aliphatic heterocycles. The third kappa shape index (κ3) is 3.95. The lowest BCUT2D eigenvalue weighted by Crippen LogP contribution is -2.14. The maximum atomic E-state index is 12.0. The van der Waals surface area contributed by atoms with Crippen LogP contribution in [-0.2, 0) is 11.2 Å². The van der Waals surface area contributed by atoms with E-state index in [1.165, 1.54) is 0 Å². The van der Waals surface area contributed by atoms with Crippen LogP contribution in [0.4, 0.5) is 6.01 Å². The van der Waals surface area contributed by atoms with Gasteiger partial charge in [0, 0.05) is 17.3 Å². The van der Waals surface area contributed by atoms with E-state index >= 15 is 0 Å². The van der Waals surface area contributed by atoms with Gasteiger partial charge in [0.25, 0.3) is 5.89 Å². The molecule has 0 spiro atoms. The molecule has 3 aromatic rings. The number of nitrogens with zero attached hydrogens (tertiary/aromatic N) is 3. The second-order valence-corrected chi connectivity index (χ2v) is 5.61. The summed E-state index contributed by atoms with van der Waals surface area (Å²) < 4.78 is 5.42. The van der Waals surface area contributed by atoms with Crippen molar-refractivity contribution in [1.82, 2.24) is 15.2 Å². The highest BCUT2D eigenvalue weighted by Crippen LogP contribution is 2.19. The van der Waals surface area contributed by atoms with Crippen molar-refractivity contribution in [2.75, 3.05) is 11.6 Å². The predicted molar refractivity (Wildman–Crippen MR) is 88.1 cm³/mol. The van der Waals surface area contributed by atoms with Gasteiger partial charge >= 0.3 is 6.01 Å². The molecule has 0 bridgehead atoms. The van der Waals surface area contributed by atoms with Crippen molar-refractivity contribution in [2.45, 2.75) is 11.3 Å². The molecule has 7 heteroatoms. The maximum Gasteiger partial charge on any atom is 0.322 e. The standard InChI is InChI=1S/C16H14N4O2S/c1-23-13-6-4-11(5-7-13)9-14(21)18-16-20-19-15(22-16)12-3-2-8-17-10-12/h2-8,10H,9H2,1H3,(H,18,20,21). The Morgan fingerprint density at radius 1 is 1.22 bits per heavy atom. The van der Waals surface area contributed by atoms with Crippen molar-refractivity contribution in [3.05, 3.63) is 54.4 Å². The van der Waals surface area contributed by atoms with Gasteiger partial charge in [-0.3, -0.25) is 15.1 Å². The van der Waals surface area contributed by atoms with Gasteiger partial charge < -0.3 is 4.42 Å². The second-order valence-electron chi connectivity index (χ2n) is 4.73. The lowest BCUT2D eigenvalue weighted by molar-refractivity contribution is -0.115.